The van der Waals surface area contributed by atoms with Crippen molar-refractivity contribution in [3.8, 4) is 5.75 Å². The van der Waals surface area contributed by atoms with Crippen LogP contribution in [0.4, 0.5) is 5.69 Å². The molecule has 1 atom stereocenters. The second kappa shape index (κ2) is 4.37. The molecule has 1 aliphatic rings. The molecule has 0 saturated heterocycles. The number of hydrogen-bond acceptors (Lipinski definition) is 3. The fourth-order valence-corrected chi connectivity index (χ4v) is 2.04. The van der Waals surface area contributed by atoms with E-state index < -0.39 is 0 Å². The summed E-state index contributed by atoms with van der Waals surface area (Å²) in [4.78, 5) is 13.6. The summed E-state index contributed by atoms with van der Waals surface area (Å²) in [7, 11) is 0. The average Bonchev–Trinajstić information content (AvgIpc) is 2.27. The highest BCUT2D eigenvalue weighted by Crippen LogP contribution is 2.35. The van der Waals surface area contributed by atoms with E-state index in [0.29, 0.717) is 0 Å². The zero-order chi connectivity index (χ0) is 12.6. The topological polar surface area (TPSA) is 55.6 Å². The summed E-state index contributed by atoms with van der Waals surface area (Å²) < 4.78 is 5.42. The quantitative estimate of drug-likeness (QED) is 0.849. The summed E-state index contributed by atoms with van der Waals surface area (Å²) in [5.74, 6) is 0.747. The summed E-state index contributed by atoms with van der Waals surface area (Å²) >= 11 is 0. The Morgan fingerprint density at radius 3 is 2.65 bits per heavy atom. The van der Waals surface area contributed by atoms with Gasteiger partial charge in [0.05, 0.1) is 5.69 Å². The Morgan fingerprint density at radius 1 is 1.35 bits per heavy atom. The molecule has 17 heavy (non-hydrogen) atoms. The van der Waals surface area contributed by atoms with Crippen molar-refractivity contribution in [2.75, 3.05) is 11.5 Å². The van der Waals surface area contributed by atoms with E-state index in [-0.39, 0.29) is 24.6 Å². The van der Waals surface area contributed by atoms with Crippen molar-refractivity contribution in [3.63, 3.8) is 0 Å². The number of benzene rings is 1. The van der Waals surface area contributed by atoms with Gasteiger partial charge in [-0.3, -0.25) is 4.79 Å². The maximum absolute atomic E-state index is 11.8. The number of hydrogen-bond donors (Lipinski definition) is 1. The number of carbonyl (C=O) groups is 1. The van der Waals surface area contributed by atoms with Crippen molar-refractivity contribution in [2.24, 2.45) is 5.73 Å². The van der Waals surface area contributed by atoms with Crippen LogP contribution in [0.1, 0.15) is 32.4 Å². The molecule has 2 rings (SSSR count). The third-order valence-corrected chi connectivity index (χ3v) is 2.90. The lowest BCUT2D eigenvalue weighted by atomic mass is 10.1. The van der Waals surface area contributed by atoms with Crippen LogP contribution in [0, 0.1) is 0 Å². The maximum atomic E-state index is 11.8. The Kier molecular flexibility index (Phi) is 3.07. The highest BCUT2D eigenvalue weighted by atomic mass is 16.5. The molecule has 1 aromatic rings. The fraction of sp³-hybridized carbons (Fsp3) is 0.462. The Labute approximate surface area is 101 Å². The van der Waals surface area contributed by atoms with E-state index in [9.17, 15) is 4.79 Å². The molecule has 1 aliphatic heterocycles. The first-order chi connectivity index (χ1) is 8.00. The van der Waals surface area contributed by atoms with E-state index in [1.807, 2.05) is 39.0 Å². The van der Waals surface area contributed by atoms with Gasteiger partial charge in [0, 0.05) is 12.1 Å². The number of carbonyl (C=O) groups excluding carboxylic acids is 1. The van der Waals surface area contributed by atoms with Gasteiger partial charge in [0.15, 0.2) is 6.61 Å². The van der Waals surface area contributed by atoms with E-state index in [0.717, 1.165) is 17.0 Å². The molecule has 1 heterocycles. The molecule has 4 nitrogen and oxygen atoms in total. The van der Waals surface area contributed by atoms with Gasteiger partial charge in [-0.2, -0.15) is 0 Å². The van der Waals surface area contributed by atoms with Crippen LogP contribution in [-0.2, 0) is 4.79 Å². The first-order valence-electron chi connectivity index (χ1n) is 5.85. The van der Waals surface area contributed by atoms with Gasteiger partial charge >= 0.3 is 0 Å². The van der Waals surface area contributed by atoms with Crippen LogP contribution in [0.25, 0.3) is 0 Å². The van der Waals surface area contributed by atoms with E-state index in [1.165, 1.54) is 0 Å². The Hall–Kier alpha value is -1.55. The molecule has 0 spiro atoms. The van der Waals surface area contributed by atoms with Crippen LogP contribution in [0.3, 0.4) is 0 Å². The molecule has 0 radical (unpaired) electrons. The minimum Gasteiger partial charge on any atom is -0.482 e. The third-order valence-electron chi connectivity index (χ3n) is 2.90. The number of rotatable bonds is 2. The monoisotopic (exact) mass is 234 g/mol. The predicted octanol–water partition coefficient (Wildman–Crippen LogP) is 1.84. The summed E-state index contributed by atoms with van der Waals surface area (Å²) in [6.45, 7) is 6.02. The van der Waals surface area contributed by atoms with Crippen molar-refractivity contribution in [1.29, 1.82) is 0 Å². The highest BCUT2D eigenvalue weighted by molar-refractivity contribution is 5.98. The standard InChI is InChI=1S/C13H18N2O2/c1-8(2)15-11-6-10(9(3)14)4-5-12(11)17-7-13(15)16/h4-6,8-9H,7,14H2,1-3H3. The average molecular weight is 234 g/mol. The van der Waals surface area contributed by atoms with Crippen LogP contribution in [-0.4, -0.2) is 18.6 Å². The van der Waals surface area contributed by atoms with E-state index >= 15 is 0 Å². The largest absolute Gasteiger partial charge is 0.482 e. The van der Waals surface area contributed by atoms with Crippen LogP contribution < -0.4 is 15.4 Å². The molecular weight excluding hydrogens is 216 g/mol. The van der Waals surface area contributed by atoms with Gasteiger partial charge in [0.2, 0.25) is 0 Å². The second-order valence-corrected chi connectivity index (χ2v) is 4.66. The Bertz CT molecular complexity index is 441. The van der Waals surface area contributed by atoms with Crippen molar-refractivity contribution in [1.82, 2.24) is 0 Å². The summed E-state index contributed by atoms with van der Waals surface area (Å²) in [6.07, 6.45) is 0. The molecule has 1 aromatic carbocycles. The van der Waals surface area contributed by atoms with E-state index in [1.54, 1.807) is 4.90 Å². The van der Waals surface area contributed by atoms with Crippen molar-refractivity contribution < 1.29 is 9.53 Å². The zero-order valence-electron chi connectivity index (χ0n) is 10.4. The molecule has 0 aromatic heterocycles. The minimum atomic E-state index is -0.0497. The van der Waals surface area contributed by atoms with Gasteiger partial charge in [0.1, 0.15) is 5.75 Å². The Balaban J connectivity index is 2.48. The minimum absolute atomic E-state index is 0.00526. The lowest BCUT2D eigenvalue weighted by Crippen LogP contribution is -2.43. The molecule has 4 heteroatoms. The molecule has 0 bridgehead atoms. The first kappa shape index (κ1) is 11.9. The molecular formula is C13H18N2O2. The van der Waals surface area contributed by atoms with Crippen LogP contribution in [0.15, 0.2) is 18.2 Å². The van der Waals surface area contributed by atoms with E-state index in [4.69, 9.17) is 10.5 Å². The maximum Gasteiger partial charge on any atom is 0.265 e. The normalized spacial score (nSPS) is 16.8. The highest BCUT2D eigenvalue weighted by Gasteiger charge is 2.27. The third kappa shape index (κ3) is 2.13. The number of ether oxygens (including phenoxy) is 1. The molecule has 1 unspecified atom stereocenters. The summed E-state index contributed by atoms with van der Waals surface area (Å²) in [6, 6.07) is 5.84. The van der Waals surface area contributed by atoms with Crippen LogP contribution in [0.2, 0.25) is 0 Å². The summed E-state index contributed by atoms with van der Waals surface area (Å²) in [5.41, 5.74) is 7.69. The van der Waals surface area contributed by atoms with Crippen LogP contribution in [0.5, 0.6) is 5.75 Å². The number of nitrogens with two attached hydrogens (primary N) is 1. The van der Waals surface area contributed by atoms with Crippen molar-refractivity contribution in [3.05, 3.63) is 23.8 Å². The van der Waals surface area contributed by atoms with Gasteiger partial charge in [-0.05, 0) is 38.5 Å². The lowest BCUT2D eigenvalue weighted by molar-refractivity contribution is -0.121. The van der Waals surface area contributed by atoms with Gasteiger partial charge in [-0.15, -0.1) is 0 Å². The van der Waals surface area contributed by atoms with Gasteiger partial charge in [-0.1, -0.05) is 6.07 Å². The number of amides is 1. The summed E-state index contributed by atoms with van der Waals surface area (Å²) in [5, 5.41) is 0. The fourth-order valence-electron chi connectivity index (χ4n) is 2.04. The number of fused-ring (bicyclic) bond motifs is 1. The molecule has 0 saturated carbocycles. The molecule has 1 amide bonds. The predicted molar refractivity (Wildman–Crippen MR) is 67.2 cm³/mol. The molecule has 0 aliphatic carbocycles. The Morgan fingerprint density at radius 2 is 2.06 bits per heavy atom. The molecule has 2 N–H and O–H groups in total. The number of nitrogens with zero attached hydrogens (tertiary/aromatic N) is 1. The first-order valence-corrected chi connectivity index (χ1v) is 5.85. The number of anilines is 1. The van der Waals surface area contributed by atoms with Crippen LogP contribution >= 0.6 is 0 Å². The molecule has 92 valence electrons. The van der Waals surface area contributed by atoms with E-state index in [2.05, 4.69) is 0 Å². The van der Waals surface area contributed by atoms with Gasteiger partial charge < -0.3 is 15.4 Å². The molecule has 0 fully saturated rings. The van der Waals surface area contributed by atoms with Gasteiger partial charge in [0.25, 0.3) is 5.91 Å². The lowest BCUT2D eigenvalue weighted by Gasteiger charge is -2.33. The van der Waals surface area contributed by atoms with Gasteiger partial charge in [-0.25, -0.2) is 0 Å². The zero-order valence-corrected chi connectivity index (χ0v) is 10.4. The smallest absolute Gasteiger partial charge is 0.265 e. The second-order valence-electron chi connectivity index (χ2n) is 4.66. The SMILES string of the molecule is CC(N)c1ccc2c(c1)N(C(C)C)C(=O)CO2. The van der Waals surface area contributed by atoms with Crippen molar-refractivity contribution in [2.45, 2.75) is 32.9 Å². The van der Waals surface area contributed by atoms with Crippen molar-refractivity contribution >= 4 is 11.6 Å².